The summed E-state index contributed by atoms with van der Waals surface area (Å²) in [4.78, 5) is 26.7. The van der Waals surface area contributed by atoms with E-state index in [1.807, 2.05) is 19.9 Å². The summed E-state index contributed by atoms with van der Waals surface area (Å²) in [7, 11) is 5.09. The van der Waals surface area contributed by atoms with Gasteiger partial charge in [-0.25, -0.2) is 9.78 Å². The molecule has 0 radical (unpaired) electrons. The summed E-state index contributed by atoms with van der Waals surface area (Å²) in [5, 5.41) is 18.1. The number of rotatable bonds is 9. The number of carbonyl (C=O) groups is 1. The van der Waals surface area contributed by atoms with Crippen molar-refractivity contribution >= 4 is 23.8 Å². The van der Waals surface area contributed by atoms with Crippen molar-refractivity contribution in [3.05, 3.63) is 34.7 Å². The molecular weight excluding hydrogens is 386 g/mol. The van der Waals surface area contributed by atoms with Crippen LogP contribution in [0.4, 0.5) is 10.6 Å². The minimum atomic E-state index is -0.298. The first-order valence-corrected chi connectivity index (χ1v) is 9.71. The normalized spacial score (nSPS) is 18.0. The predicted octanol–water partition coefficient (Wildman–Crippen LogP) is 1.40. The molecule has 1 aromatic heterocycles. The van der Waals surface area contributed by atoms with Crippen molar-refractivity contribution in [3.63, 3.8) is 0 Å². The highest BCUT2D eigenvalue weighted by molar-refractivity contribution is 6.13. The first-order valence-electron chi connectivity index (χ1n) is 9.71. The molecule has 1 atom stereocenters. The van der Waals surface area contributed by atoms with Gasteiger partial charge in [0.2, 0.25) is 0 Å². The Balaban J connectivity index is 2.04. The van der Waals surface area contributed by atoms with Gasteiger partial charge in [-0.2, -0.15) is 5.06 Å². The van der Waals surface area contributed by atoms with Gasteiger partial charge in [-0.15, -0.1) is 0 Å². The van der Waals surface area contributed by atoms with Gasteiger partial charge in [0.1, 0.15) is 5.82 Å². The smallest absolute Gasteiger partial charge is 0.319 e. The number of hydrogen-bond donors (Lipinski definition) is 4. The number of urea groups is 1. The van der Waals surface area contributed by atoms with Crippen LogP contribution >= 0.6 is 0 Å². The van der Waals surface area contributed by atoms with Crippen LogP contribution in [0.3, 0.4) is 0 Å². The monoisotopic (exact) mass is 417 g/mol. The molecule has 1 saturated heterocycles. The molecule has 4 N–H and O–H groups in total. The lowest BCUT2D eigenvalue weighted by molar-refractivity contribution is -0.118. The minimum absolute atomic E-state index is 0.0947. The van der Waals surface area contributed by atoms with Crippen molar-refractivity contribution in [1.82, 2.24) is 20.7 Å². The highest BCUT2D eigenvalue weighted by Gasteiger charge is 2.25. The molecule has 2 amide bonds. The van der Waals surface area contributed by atoms with E-state index in [-0.39, 0.29) is 12.1 Å². The number of pyridine rings is 1. The maximum absolute atomic E-state index is 12.4. The molecular formula is C20H31N7O3. The van der Waals surface area contributed by atoms with Crippen LogP contribution in [0, 0.1) is 5.41 Å². The van der Waals surface area contributed by atoms with Crippen LogP contribution < -0.4 is 16.0 Å². The zero-order valence-corrected chi connectivity index (χ0v) is 18.2. The second kappa shape index (κ2) is 11.4. The molecule has 0 aliphatic carbocycles. The topological polar surface area (TPSA) is 124 Å². The molecule has 0 unspecified atom stereocenters. The molecule has 0 bridgehead atoms. The van der Waals surface area contributed by atoms with Crippen LogP contribution in [0.2, 0.25) is 0 Å². The third kappa shape index (κ3) is 6.09. The molecule has 2 heterocycles. The van der Waals surface area contributed by atoms with Gasteiger partial charge in [0, 0.05) is 63.5 Å². The van der Waals surface area contributed by atoms with Gasteiger partial charge < -0.3 is 26.1 Å². The number of nitrogens with zero attached hydrogens (tertiary/aromatic N) is 3. The largest absolute Gasteiger partial charge is 0.383 e. The third-order valence-corrected chi connectivity index (χ3v) is 4.79. The van der Waals surface area contributed by atoms with E-state index in [1.54, 1.807) is 32.5 Å². The molecule has 0 saturated carbocycles. The van der Waals surface area contributed by atoms with E-state index in [9.17, 15) is 4.79 Å². The van der Waals surface area contributed by atoms with E-state index in [1.165, 1.54) is 6.21 Å². The highest BCUT2D eigenvalue weighted by atomic mass is 16.7. The van der Waals surface area contributed by atoms with Gasteiger partial charge >= 0.3 is 6.03 Å². The van der Waals surface area contributed by atoms with Gasteiger partial charge in [0.15, 0.2) is 0 Å². The number of nitrogens with one attached hydrogen (secondary N) is 4. The third-order valence-electron chi connectivity index (χ3n) is 4.79. The van der Waals surface area contributed by atoms with Gasteiger partial charge in [0.25, 0.3) is 0 Å². The van der Waals surface area contributed by atoms with Crippen molar-refractivity contribution in [2.24, 2.45) is 4.99 Å². The average molecular weight is 418 g/mol. The lowest BCUT2D eigenvalue weighted by atomic mass is 10.0. The van der Waals surface area contributed by atoms with Gasteiger partial charge in [-0.1, -0.05) is 0 Å². The van der Waals surface area contributed by atoms with Crippen LogP contribution in [-0.4, -0.2) is 81.6 Å². The van der Waals surface area contributed by atoms with E-state index in [4.69, 9.17) is 15.0 Å². The maximum atomic E-state index is 12.4. The average Bonchev–Trinajstić information content (AvgIpc) is 3.19. The Kier molecular flexibility index (Phi) is 8.90. The number of aromatic nitrogens is 1. The summed E-state index contributed by atoms with van der Waals surface area (Å²) < 4.78 is 5.04. The van der Waals surface area contributed by atoms with Crippen molar-refractivity contribution < 1.29 is 14.4 Å². The SMILES string of the molecule is C/N=C(\C(C)=C(/C)NC(=O)N[C@H]1CON(CCOC)C1)c1cnc(NC)c(C=N)c1. The number of carbonyl (C=O) groups excluding carboxylic acids is 1. The Morgan fingerprint density at radius 3 is 2.90 bits per heavy atom. The summed E-state index contributed by atoms with van der Waals surface area (Å²) >= 11 is 0. The summed E-state index contributed by atoms with van der Waals surface area (Å²) in [5.74, 6) is 0.624. The number of hydroxylamine groups is 2. The molecule has 1 aliphatic heterocycles. The summed E-state index contributed by atoms with van der Waals surface area (Å²) in [5.41, 5.74) is 3.61. The number of ether oxygens (including phenoxy) is 1. The van der Waals surface area contributed by atoms with Crippen LogP contribution in [-0.2, 0) is 9.57 Å². The Hall–Kier alpha value is -2.82. The molecule has 10 heteroatoms. The quantitative estimate of drug-likeness (QED) is 0.450. The standard InChI is InChI=1S/C20H31N7O3/c1-13(18(22-3)16-8-15(9-21)19(23-4)24-10-16)14(2)25-20(28)26-17-11-27(30-12-17)6-7-29-5/h8-10,17,21H,6-7,11-12H2,1-5H3,(H,23,24)(H2,25,26,28)/b14-13+,21-9?,22-18+/t17-/m1/s1. The van der Waals surface area contributed by atoms with Crippen molar-refractivity contribution in [2.45, 2.75) is 19.9 Å². The Morgan fingerprint density at radius 1 is 1.50 bits per heavy atom. The van der Waals surface area contributed by atoms with Gasteiger partial charge in [-0.3, -0.25) is 9.83 Å². The molecule has 30 heavy (non-hydrogen) atoms. The Labute approximate surface area is 177 Å². The maximum Gasteiger partial charge on any atom is 0.319 e. The molecule has 2 rings (SSSR count). The number of aliphatic imine (C=N–C) groups is 1. The first-order chi connectivity index (χ1) is 14.4. The van der Waals surface area contributed by atoms with Crippen LogP contribution in [0.25, 0.3) is 0 Å². The number of amides is 2. The molecule has 0 aromatic carbocycles. The summed E-state index contributed by atoms with van der Waals surface area (Å²) in [6.07, 6.45) is 2.94. The molecule has 1 aromatic rings. The molecule has 10 nitrogen and oxygen atoms in total. The molecule has 164 valence electrons. The lowest BCUT2D eigenvalue weighted by Crippen LogP contribution is -2.44. The van der Waals surface area contributed by atoms with Crippen LogP contribution in [0.1, 0.15) is 25.0 Å². The zero-order valence-electron chi connectivity index (χ0n) is 18.2. The van der Waals surface area contributed by atoms with E-state index in [0.717, 1.165) is 11.1 Å². The summed E-state index contributed by atoms with van der Waals surface area (Å²) in [6.45, 7) is 5.97. The number of allylic oxidation sites excluding steroid dienone is 2. The fraction of sp³-hybridized carbons (Fsp3) is 0.500. The van der Waals surface area contributed by atoms with E-state index in [0.29, 0.717) is 49.1 Å². The number of methoxy groups -OCH3 is 1. The molecule has 1 aliphatic rings. The van der Waals surface area contributed by atoms with Crippen LogP contribution in [0.5, 0.6) is 0 Å². The Morgan fingerprint density at radius 2 is 2.27 bits per heavy atom. The lowest BCUT2D eigenvalue weighted by Gasteiger charge is -2.16. The summed E-state index contributed by atoms with van der Waals surface area (Å²) in [6, 6.07) is 1.45. The Bertz CT molecular complexity index is 823. The zero-order chi connectivity index (χ0) is 22.1. The van der Waals surface area contributed by atoms with Crippen molar-refractivity contribution in [1.29, 1.82) is 5.41 Å². The second-order valence-corrected chi connectivity index (χ2v) is 6.85. The first kappa shape index (κ1) is 23.5. The van der Waals surface area contributed by atoms with E-state index >= 15 is 0 Å². The van der Waals surface area contributed by atoms with Crippen LogP contribution in [0.15, 0.2) is 28.5 Å². The second-order valence-electron chi connectivity index (χ2n) is 6.85. The fourth-order valence-corrected chi connectivity index (χ4v) is 3.09. The van der Waals surface area contributed by atoms with Gasteiger partial charge in [-0.05, 0) is 25.5 Å². The minimum Gasteiger partial charge on any atom is -0.383 e. The van der Waals surface area contributed by atoms with Gasteiger partial charge in [0.05, 0.1) is 25.0 Å². The highest BCUT2D eigenvalue weighted by Crippen LogP contribution is 2.17. The predicted molar refractivity (Wildman–Crippen MR) is 117 cm³/mol. The fourth-order valence-electron chi connectivity index (χ4n) is 3.09. The van der Waals surface area contributed by atoms with Crippen molar-refractivity contribution in [3.8, 4) is 0 Å². The van der Waals surface area contributed by atoms with E-state index in [2.05, 4.69) is 25.9 Å². The molecule has 0 spiro atoms. The van der Waals surface area contributed by atoms with E-state index < -0.39 is 0 Å². The molecule has 1 fully saturated rings. The number of hydrogen-bond acceptors (Lipinski definition) is 8. The van der Waals surface area contributed by atoms with Crippen molar-refractivity contribution in [2.75, 3.05) is 52.8 Å². The number of anilines is 1.